The lowest BCUT2D eigenvalue weighted by Gasteiger charge is -2.36. The van der Waals surface area contributed by atoms with Gasteiger partial charge in [0.05, 0.1) is 17.1 Å². The molecule has 4 rings (SSSR count). The predicted molar refractivity (Wildman–Crippen MR) is 104 cm³/mol. The van der Waals surface area contributed by atoms with Crippen molar-refractivity contribution in [2.45, 2.75) is 13.2 Å². The van der Waals surface area contributed by atoms with E-state index in [2.05, 4.69) is 25.8 Å². The van der Waals surface area contributed by atoms with Crippen LogP contribution in [0.25, 0.3) is 10.9 Å². The highest BCUT2D eigenvalue weighted by molar-refractivity contribution is 5.89. The Kier molecular flexibility index (Phi) is 4.97. The average Bonchev–Trinajstić information content (AvgIpc) is 2.74. The Morgan fingerprint density at radius 1 is 0.963 bits per heavy atom. The number of aromatic nitrogens is 2. The highest BCUT2D eigenvalue weighted by atomic mass is 16.3. The molecule has 0 atom stereocenters. The van der Waals surface area contributed by atoms with Gasteiger partial charge in [-0.3, -0.25) is 4.90 Å². The van der Waals surface area contributed by atoms with Crippen LogP contribution in [0.3, 0.4) is 0 Å². The molecule has 1 aromatic heterocycles. The van der Waals surface area contributed by atoms with E-state index < -0.39 is 0 Å². The van der Waals surface area contributed by atoms with Crippen molar-refractivity contribution in [2.24, 2.45) is 0 Å². The van der Waals surface area contributed by atoms with Gasteiger partial charge in [-0.25, -0.2) is 9.97 Å². The van der Waals surface area contributed by atoms with Crippen molar-refractivity contribution >= 4 is 16.7 Å². The van der Waals surface area contributed by atoms with Crippen molar-refractivity contribution in [3.63, 3.8) is 0 Å². The number of rotatable bonds is 4. The lowest BCUT2D eigenvalue weighted by molar-refractivity contribution is 0.248. The van der Waals surface area contributed by atoms with E-state index in [0.717, 1.165) is 60.6 Å². The Hall–Kier alpha value is -3.01. The Labute approximate surface area is 158 Å². The summed E-state index contributed by atoms with van der Waals surface area (Å²) in [4.78, 5) is 13.6. The zero-order chi connectivity index (χ0) is 18.6. The smallest absolute Gasteiger partial charge is 0.156 e. The van der Waals surface area contributed by atoms with Gasteiger partial charge >= 0.3 is 0 Å². The number of para-hydroxylation sites is 1. The second-order valence-electron chi connectivity index (χ2n) is 6.67. The van der Waals surface area contributed by atoms with E-state index in [-0.39, 0.29) is 6.61 Å². The standard InChI is InChI=1S/C21H21N5O/c22-13-16-5-1-2-6-17(16)14-25-9-11-26(12-10-25)21-18-7-3-4-8-19(18)23-20(15-27)24-21/h1-8,27H,9-12,14-15H2. The second kappa shape index (κ2) is 7.70. The lowest BCUT2D eigenvalue weighted by atomic mass is 10.1. The average molecular weight is 359 g/mol. The Morgan fingerprint density at radius 3 is 2.48 bits per heavy atom. The van der Waals surface area contributed by atoms with E-state index >= 15 is 0 Å². The van der Waals surface area contributed by atoms with E-state index in [0.29, 0.717) is 5.82 Å². The summed E-state index contributed by atoms with van der Waals surface area (Å²) in [5.41, 5.74) is 2.68. The fraction of sp³-hybridized carbons (Fsp3) is 0.286. The summed E-state index contributed by atoms with van der Waals surface area (Å²) in [6.07, 6.45) is 0. The fourth-order valence-electron chi connectivity index (χ4n) is 3.54. The minimum atomic E-state index is -0.164. The van der Waals surface area contributed by atoms with Crippen LogP contribution in [0.2, 0.25) is 0 Å². The van der Waals surface area contributed by atoms with Gasteiger partial charge in [-0.2, -0.15) is 5.26 Å². The lowest BCUT2D eigenvalue weighted by Crippen LogP contribution is -2.46. The molecule has 6 heteroatoms. The van der Waals surface area contributed by atoms with E-state index in [9.17, 15) is 10.4 Å². The van der Waals surface area contributed by atoms with Crippen molar-refractivity contribution in [1.82, 2.24) is 14.9 Å². The maximum Gasteiger partial charge on any atom is 0.156 e. The van der Waals surface area contributed by atoms with E-state index in [1.165, 1.54) is 0 Å². The van der Waals surface area contributed by atoms with Crippen LogP contribution in [0, 0.1) is 11.3 Å². The van der Waals surface area contributed by atoms with Crippen LogP contribution < -0.4 is 4.90 Å². The van der Waals surface area contributed by atoms with Crippen molar-refractivity contribution in [2.75, 3.05) is 31.1 Å². The largest absolute Gasteiger partial charge is 0.388 e. The summed E-state index contributed by atoms with van der Waals surface area (Å²) in [7, 11) is 0. The highest BCUT2D eigenvalue weighted by Crippen LogP contribution is 2.25. The molecule has 3 aromatic rings. The van der Waals surface area contributed by atoms with Gasteiger partial charge in [0.25, 0.3) is 0 Å². The first kappa shape index (κ1) is 17.4. The molecular weight excluding hydrogens is 338 g/mol. The third kappa shape index (κ3) is 3.61. The summed E-state index contributed by atoms with van der Waals surface area (Å²) < 4.78 is 0. The molecule has 1 fully saturated rings. The van der Waals surface area contributed by atoms with Crippen LogP contribution in [0.1, 0.15) is 17.0 Å². The predicted octanol–water partition coefficient (Wildman–Crippen LogP) is 2.32. The van der Waals surface area contributed by atoms with Gasteiger partial charge in [0.15, 0.2) is 5.82 Å². The molecule has 0 saturated carbocycles. The number of benzene rings is 2. The zero-order valence-corrected chi connectivity index (χ0v) is 15.0. The molecule has 1 aliphatic rings. The van der Waals surface area contributed by atoms with E-state index in [4.69, 9.17) is 0 Å². The fourth-order valence-corrected chi connectivity index (χ4v) is 3.54. The number of piperazine rings is 1. The van der Waals surface area contributed by atoms with E-state index in [1.807, 2.05) is 48.5 Å². The number of aliphatic hydroxyl groups excluding tert-OH is 1. The quantitative estimate of drug-likeness (QED) is 0.770. The maximum atomic E-state index is 9.50. The first-order chi connectivity index (χ1) is 13.3. The molecule has 0 aliphatic carbocycles. The first-order valence-electron chi connectivity index (χ1n) is 9.10. The van der Waals surface area contributed by atoms with Gasteiger partial charge in [-0.05, 0) is 23.8 Å². The molecular formula is C21H21N5O. The van der Waals surface area contributed by atoms with Crippen molar-refractivity contribution < 1.29 is 5.11 Å². The number of nitrogens with zero attached hydrogens (tertiary/aromatic N) is 5. The number of aliphatic hydroxyl groups is 1. The number of anilines is 1. The van der Waals surface area contributed by atoms with Crippen LogP contribution in [-0.4, -0.2) is 46.2 Å². The zero-order valence-electron chi connectivity index (χ0n) is 15.0. The molecule has 27 heavy (non-hydrogen) atoms. The molecule has 1 saturated heterocycles. The van der Waals surface area contributed by atoms with E-state index in [1.54, 1.807) is 0 Å². The monoisotopic (exact) mass is 359 g/mol. The Bertz CT molecular complexity index is 989. The minimum absolute atomic E-state index is 0.164. The topological polar surface area (TPSA) is 76.3 Å². The molecule has 2 aromatic carbocycles. The molecule has 0 amide bonds. The molecule has 1 aliphatic heterocycles. The minimum Gasteiger partial charge on any atom is -0.388 e. The summed E-state index contributed by atoms with van der Waals surface area (Å²) in [5, 5.41) is 19.8. The maximum absolute atomic E-state index is 9.50. The van der Waals surface area contributed by atoms with Gasteiger partial charge < -0.3 is 10.0 Å². The molecule has 2 heterocycles. The van der Waals surface area contributed by atoms with Crippen LogP contribution in [0.5, 0.6) is 0 Å². The first-order valence-corrected chi connectivity index (χ1v) is 9.10. The van der Waals surface area contributed by atoms with Crippen LogP contribution in [-0.2, 0) is 13.2 Å². The number of nitriles is 1. The second-order valence-corrected chi connectivity index (χ2v) is 6.67. The van der Waals surface area contributed by atoms with Gasteiger partial charge in [0, 0.05) is 38.1 Å². The Morgan fingerprint density at radius 2 is 1.70 bits per heavy atom. The highest BCUT2D eigenvalue weighted by Gasteiger charge is 2.21. The van der Waals surface area contributed by atoms with Gasteiger partial charge in [-0.1, -0.05) is 30.3 Å². The molecule has 0 bridgehead atoms. The molecule has 0 radical (unpaired) electrons. The molecule has 0 spiro atoms. The van der Waals surface area contributed by atoms with Gasteiger partial charge in [0.1, 0.15) is 12.4 Å². The normalized spacial score (nSPS) is 15.0. The molecule has 136 valence electrons. The van der Waals surface area contributed by atoms with Crippen LogP contribution in [0.15, 0.2) is 48.5 Å². The van der Waals surface area contributed by atoms with Gasteiger partial charge in [0.2, 0.25) is 0 Å². The van der Waals surface area contributed by atoms with Crippen molar-refractivity contribution in [3.05, 3.63) is 65.5 Å². The number of hydrogen-bond acceptors (Lipinski definition) is 6. The van der Waals surface area contributed by atoms with Crippen LogP contribution >= 0.6 is 0 Å². The third-order valence-corrected chi connectivity index (χ3v) is 4.97. The van der Waals surface area contributed by atoms with Gasteiger partial charge in [-0.15, -0.1) is 0 Å². The summed E-state index contributed by atoms with van der Waals surface area (Å²) >= 11 is 0. The number of fused-ring (bicyclic) bond motifs is 1. The molecule has 6 nitrogen and oxygen atoms in total. The third-order valence-electron chi connectivity index (χ3n) is 4.97. The van der Waals surface area contributed by atoms with Crippen molar-refractivity contribution in [3.8, 4) is 6.07 Å². The summed E-state index contributed by atoms with van der Waals surface area (Å²) in [6.45, 7) is 4.10. The van der Waals surface area contributed by atoms with Crippen LogP contribution in [0.4, 0.5) is 5.82 Å². The van der Waals surface area contributed by atoms with Crippen molar-refractivity contribution in [1.29, 1.82) is 5.26 Å². The Balaban J connectivity index is 1.51. The summed E-state index contributed by atoms with van der Waals surface area (Å²) in [5.74, 6) is 1.34. The molecule has 1 N–H and O–H groups in total. The SMILES string of the molecule is N#Cc1ccccc1CN1CCN(c2nc(CO)nc3ccccc23)CC1. The number of hydrogen-bond donors (Lipinski definition) is 1. The summed E-state index contributed by atoms with van der Waals surface area (Å²) in [6, 6.07) is 18.0. The molecule has 0 unspecified atom stereocenters.